The van der Waals surface area contributed by atoms with Crippen molar-refractivity contribution in [2.24, 2.45) is 0 Å². The van der Waals surface area contributed by atoms with Crippen LogP contribution in [0.25, 0.3) is 0 Å². The molecule has 0 unspecified atom stereocenters. The fourth-order valence-electron chi connectivity index (χ4n) is 1.51. The normalized spacial score (nSPS) is 10.3. The number of hydrogen-bond acceptors (Lipinski definition) is 1. The van der Waals surface area contributed by atoms with Crippen LogP contribution in [0.4, 0.5) is 0 Å². The summed E-state index contributed by atoms with van der Waals surface area (Å²) in [6, 6.07) is 7.58. The van der Waals surface area contributed by atoms with E-state index in [2.05, 4.69) is 4.98 Å². The number of hydrogen-bond donors (Lipinski definition) is 1. The van der Waals surface area contributed by atoms with Gasteiger partial charge in [0.15, 0.2) is 5.78 Å². The van der Waals surface area contributed by atoms with E-state index in [1.54, 1.807) is 18.5 Å². The van der Waals surface area contributed by atoms with Gasteiger partial charge < -0.3 is 4.98 Å². The third-order valence-corrected chi connectivity index (χ3v) is 2.63. The summed E-state index contributed by atoms with van der Waals surface area (Å²) >= 11 is 0. The average Bonchev–Trinajstić information content (AvgIpc) is 2.74. The van der Waals surface area contributed by atoms with Crippen molar-refractivity contribution in [3.63, 3.8) is 0 Å². The summed E-state index contributed by atoms with van der Waals surface area (Å²) in [6.07, 6.45) is 3.48. The summed E-state index contributed by atoms with van der Waals surface area (Å²) in [5.74, 6) is 0.0688. The molecule has 0 fully saturated rings. The van der Waals surface area contributed by atoms with Gasteiger partial charge in [0, 0.05) is 23.5 Å². The van der Waals surface area contributed by atoms with Gasteiger partial charge in [-0.2, -0.15) is 0 Å². The Bertz CT molecular complexity index is 483. The minimum Gasteiger partial charge on any atom is -0.367 e. The van der Waals surface area contributed by atoms with Gasteiger partial charge in [0.25, 0.3) is 0 Å². The monoisotopic (exact) mass is 199 g/mol. The van der Waals surface area contributed by atoms with Crippen molar-refractivity contribution in [1.82, 2.24) is 4.98 Å². The molecule has 0 radical (unpaired) electrons. The van der Waals surface area contributed by atoms with Crippen molar-refractivity contribution in [2.75, 3.05) is 0 Å². The van der Waals surface area contributed by atoms with Crippen molar-refractivity contribution >= 4 is 5.78 Å². The lowest BCUT2D eigenvalue weighted by molar-refractivity contribution is 0.103. The molecular weight excluding hydrogens is 186 g/mol. The molecule has 0 aliphatic carbocycles. The highest BCUT2D eigenvalue weighted by molar-refractivity contribution is 6.08. The summed E-state index contributed by atoms with van der Waals surface area (Å²) in [5.41, 5.74) is 3.81. The SMILES string of the molecule is Cc1ccc(C(=O)c2cc[nH]c2)cc1C. The Labute approximate surface area is 89.0 Å². The van der Waals surface area contributed by atoms with Gasteiger partial charge in [-0.05, 0) is 37.1 Å². The van der Waals surface area contributed by atoms with Crippen LogP contribution in [0.1, 0.15) is 27.0 Å². The van der Waals surface area contributed by atoms with Crippen LogP contribution in [0.2, 0.25) is 0 Å². The van der Waals surface area contributed by atoms with E-state index in [1.807, 2.05) is 32.0 Å². The fourth-order valence-corrected chi connectivity index (χ4v) is 1.51. The molecule has 0 spiro atoms. The molecule has 0 atom stereocenters. The third-order valence-electron chi connectivity index (χ3n) is 2.63. The van der Waals surface area contributed by atoms with Crippen LogP contribution >= 0.6 is 0 Å². The Morgan fingerprint density at radius 2 is 1.87 bits per heavy atom. The summed E-state index contributed by atoms with van der Waals surface area (Å²) in [4.78, 5) is 14.8. The van der Waals surface area contributed by atoms with Crippen molar-refractivity contribution in [1.29, 1.82) is 0 Å². The maximum Gasteiger partial charge on any atom is 0.194 e. The Morgan fingerprint density at radius 1 is 1.07 bits per heavy atom. The number of aryl methyl sites for hydroxylation is 2. The number of carbonyl (C=O) groups excluding carboxylic acids is 1. The van der Waals surface area contributed by atoms with Crippen LogP contribution in [-0.2, 0) is 0 Å². The molecule has 2 aromatic rings. The van der Waals surface area contributed by atoms with Crippen LogP contribution in [-0.4, -0.2) is 10.8 Å². The first-order chi connectivity index (χ1) is 7.18. The van der Waals surface area contributed by atoms with Gasteiger partial charge in [0.2, 0.25) is 0 Å². The lowest BCUT2D eigenvalue weighted by Crippen LogP contribution is -2.00. The van der Waals surface area contributed by atoms with Crippen molar-refractivity contribution in [3.8, 4) is 0 Å². The van der Waals surface area contributed by atoms with E-state index in [9.17, 15) is 4.79 Å². The minimum atomic E-state index is 0.0688. The molecule has 0 aliphatic heterocycles. The predicted octanol–water partition coefficient (Wildman–Crippen LogP) is 2.86. The highest BCUT2D eigenvalue weighted by Gasteiger charge is 2.09. The summed E-state index contributed by atoms with van der Waals surface area (Å²) in [5, 5.41) is 0. The van der Waals surface area contributed by atoms with E-state index in [0.29, 0.717) is 5.56 Å². The van der Waals surface area contributed by atoms with E-state index in [4.69, 9.17) is 0 Å². The maximum atomic E-state index is 12.0. The smallest absolute Gasteiger partial charge is 0.194 e. The van der Waals surface area contributed by atoms with Crippen molar-refractivity contribution < 1.29 is 4.79 Å². The van der Waals surface area contributed by atoms with E-state index >= 15 is 0 Å². The van der Waals surface area contributed by atoms with Crippen LogP contribution in [0.15, 0.2) is 36.7 Å². The Morgan fingerprint density at radius 3 is 2.47 bits per heavy atom. The number of rotatable bonds is 2. The van der Waals surface area contributed by atoms with E-state index in [1.165, 1.54) is 5.56 Å². The van der Waals surface area contributed by atoms with Crippen LogP contribution in [0.3, 0.4) is 0 Å². The zero-order valence-corrected chi connectivity index (χ0v) is 8.87. The van der Waals surface area contributed by atoms with Crippen LogP contribution in [0, 0.1) is 13.8 Å². The first-order valence-corrected chi connectivity index (χ1v) is 4.93. The molecule has 0 aliphatic rings. The number of nitrogens with one attached hydrogen (secondary N) is 1. The van der Waals surface area contributed by atoms with Gasteiger partial charge in [-0.1, -0.05) is 12.1 Å². The molecule has 0 saturated carbocycles. The zero-order valence-electron chi connectivity index (χ0n) is 8.87. The second-order valence-electron chi connectivity index (χ2n) is 3.73. The Balaban J connectivity index is 2.39. The predicted molar refractivity (Wildman–Crippen MR) is 60.1 cm³/mol. The first-order valence-electron chi connectivity index (χ1n) is 4.93. The van der Waals surface area contributed by atoms with Gasteiger partial charge in [0.1, 0.15) is 0 Å². The third kappa shape index (κ3) is 1.84. The molecular formula is C13H13NO. The maximum absolute atomic E-state index is 12.0. The molecule has 0 amide bonds. The summed E-state index contributed by atoms with van der Waals surface area (Å²) in [6.45, 7) is 4.06. The fraction of sp³-hybridized carbons (Fsp3) is 0.154. The molecule has 15 heavy (non-hydrogen) atoms. The van der Waals surface area contributed by atoms with Gasteiger partial charge in [-0.25, -0.2) is 0 Å². The molecule has 0 saturated heterocycles. The molecule has 1 N–H and O–H groups in total. The molecule has 2 nitrogen and oxygen atoms in total. The number of aromatic nitrogens is 1. The molecule has 2 rings (SSSR count). The minimum absolute atomic E-state index is 0.0688. The van der Waals surface area contributed by atoms with E-state index in [-0.39, 0.29) is 5.78 Å². The lowest BCUT2D eigenvalue weighted by Gasteiger charge is -2.03. The molecule has 1 aromatic heterocycles. The van der Waals surface area contributed by atoms with Crippen LogP contribution in [0.5, 0.6) is 0 Å². The highest BCUT2D eigenvalue weighted by atomic mass is 16.1. The second kappa shape index (κ2) is 3.73. The second-order valence-corrected chi connectivity index (χ2v) is 3.73. The number of H-pyrrole nitrogens is 1. The quantitative estimate of drug-likeness (QED) is 0.741. The summed E-state index contributed by atoms with van der Waals surface area (Å²) in [7, 11) is 0. The molecule has 1 aromatic carbocycles. The van der Waals surface area contributed by atoms with Crippen LogP contribution < -0.4 is 0 Å². The molecule has 2 heteroatoms. The number of aromatic amines is 1. The van der Waals surface area contributed by atoms with Gasteiger partial charge in [-0.3, -0.25) is 4.79 Å². The average molecular weight is 199 g/mol. The first kappa shape index (κ1) is 9.71. The van der Waals surface area contributed by atoms with E-state index in [0.717, 1.165) is 11.1 Å². The topological polar surface area (TPSA) is 32.9 Å². The number of carbonyl (C=O) groups is 1. The van der Waals surface area contributed by atoms with Crippen molar-refractivity contribution in [3.05, 3.63) is 58.9 Å². The summed E-state index contributed by atoms with van der Waals surface area (Å²) < 4.78 is 0. The molecule has 76 valence electrons. The number of benzene rings is 1. The van der Waals surface area contributed by atoms with Gasteiger partial charge in [0.05, 0.1) is 0 Å². The Hall–Kier alpha value is -1.83. The Kier molecular flexibility index (Phi) is 2.42. The largest absolute Gasteiger partial charge is 0.367 e. The molecule has 0 bridgehead atoms. The number of ketones is 1. The molecule has 1 heterocycles. The van der Waals surface area contributed by atoms with Gasteiger partial charge in [-0.15, -0.1) is 0 Å². The lowest BCUT2D eigenvalue weighted by atomic mass is 10.0. The highest BCUT2D eigenvalue weighted by Crippen LogP contribution is 2.13. The zero-order chi connectivity index (χ0) is 10.8. The van der Waals surface area contributed by atoms with Crippen molar-refractivity contribution in [2.45, 2.75) is 13.8 Å². The standard InChI is InChI=1S/C13H13NO/c1-9-3-4-11(7-10(9)2)13(15)12-5-6-14-8-12/h3-8,14H,1-2H3. The van der Waals surface area contributed by atoms with E-state index < -0.39 is 0 Å². The van der Waals surface area contributed by atoms with Gasteiger partial charge >= 0.3 is 0 Å².